The Morgan fingerprint density at radius 3 is 2.25 bits per heavy atom. The van der Waals surface area contributed by atoms with Crippen LogP contribution in [0, 0.1) is 5.92 Å². The molecule has 0 aliphatic carbocycles. The van der Waals surface area contributed by atoms with Gasteiger partial charge in [-0.05, 0) is 61.9 Å². The third-order valence-electron chi connectivity index (χ3n) is 6.40. The summed E-state index contributed by atoms with van der Waals surface area (Å²) in [6.07, 6.45) is 4.41. The van der Waals surface area contributed by atoms with Gasteiger partial charge in [-0.25, -0.2) is 4.79 Å². The van der Waals surface area contributed by atoms with Crippen LogP contribution in [0.3, 0.4) is 0 Å². The van der Waals surface area contributed by atoms with Crippen molar-refractivity contribution in [2.75, 3.05) is 37.6 Å². The minimum Gasteiger partial charge on any atom is -0.490 e. The van der Waals surface area contributed by atoms with Crippen LogP contribution < -0.4 is 9.64 Å². The average molecular weight is 498 g/mol. The van der Waals surface area contributed by atoms with Gasteiger partial charge >= 0.3 is 5.97 Å². The van der Waals surface area contributed by atoms with Crippen molar-refractivity contribution in [1.82, 2.24) is 4.90 Å². The second-order valence-electron chi connectivity index (χ2n) is 8.59. The monoisotopic (exact) mass is 496 g/mol. The lowest BCUT2D eigenvalue weighted by atomic mass is 9.94. The van der Waals surface area contributed by atoms with Crippen LogP contribution in [0.2, 0.25) is 15.1 Å². The van der Waals surface area contributed by atoms with E-state index in [0.29, 0.717) is 16.0 Å². The summed E-state index contributed by atoms with van der Waals surface area (Å²) in [5, 5.41) is 10.6. The van der Waals surface area contributed by atoms with Crippen molar-refractivity contribution in [2.24, 2.45) is 5.92 Å². The number of rotatable bonds is 6. The van der Waals surface area contributed by atoms with E-state index in [1.807, 2.05) is 12.1 Å². The number of carbonyl (C=O) groups is 1. The number of aromatic carboxylic acids is 1. The van der Waals surface area contributed by atoms with Gasteiger partial charge in [0.15, 0.2) is 0 Å². The molecule has 0 bridgehead atoms. The summed E-state index contributed by atoms with van der Waals surface area (Å²) in [5.41, 5.74) is 1.10. The van der Waals surface area contributed by atoms with E-state index in [4.69, 9.17) is 39.5 Å². The number of halogens is 3. The SMILES string of the molecule is O=C(O)c1cc(N2CCC(CN3CCC(Oc4ccc(Cl)c(Cl)c4)CC3)CC2)ccc1Cl. The Balaban J connectivity index is 1.22. The smallest absolute Gasteiger partial charge is 0.337 e. The highest BCUT2D eigenvalue weighted by molar-refractivity contribution is 6.42. The number of hydrogen-bond acceptors (Lipinski definition) is 4. The van der Waals surface area contributed by atoms with E-state index >= 15 is 0 Å². The Labute approximate surface area is 203 Å². The van der Waals surface area contributed by atoms with Crippen molar-refractivity contribution >= 4 is 46.5 Å². The fourth-order valence-corrected chi connectivity index (χ4v) is 5.05. The standard InChI is InChI=1S/C24H27Cl3N2O3/c25-21-3-1-17(13-20(21)24(30)31)29-11-5-16(6-12-29)15-28-9-7-18(8-10-28)32-19-2-4-22(26)23(27)14-19/h1-4,13-14,16,18H,5-12,15H2,(H,30,31). The predicted octanol–water partition coefficient (Wildman–Crippen LogP) is 6.10. The topological polar surface area (TPSA) is 53.0 Å². The summed E-state index contributed by atoms with van der Waals surface area (Å²) in [5.74, 6) is 0.446. The van der Waals surface area contributed by atoms with Crippen molar-refractivity contribution in [3.8, 4) is 5.75 Å². The molecule has 2 saturated heterocycles. The lowest BCUT2D eigenvalue weighted by Gasteiger charge is -2.38. The van der Waals surface area contributed by atoms with Crippen LogP contribution in [-0.4, -0.2) is 54.8 Å². The van der Waals surface area contributed by atoms with Crippen LogP contribution in [0.4, 0.5) is 5.69 Å². The fourth-order valence-electron chi connectivity index (χ4n) is 4.57. The number of piperidine rings is 2. The quantitative estimate of drug-likeness (QED) is 0.522. The zero-order valence-electron chi connectivity index (χ0n) is 17.8. The van der Waals surface area contributed by atoms with E-state index in [9.17, 15) is 9.90 Å². The van der Waals surface area contributed by atoms with Gasteiger partial charge < -0.3 is 19.6 Å². The molecule has 0 radical (unpaired) electrons. The molecule has 5 nitrogen and oxygen atoms in total. The first kappa shape index (κ1) is 23.5. The molecule has 0 spiro atoms. The van der Waals surface area contributed by atoms with Gasteiger partial charge in [0.1, 0.15) is 11.9 Å². The summed E-state index contributed by atoms with van der Waals surface area (Å²) in [4.78, 5) is 16.2. The molecule has 0 aromatic heterocycles. The summed E-state index contributed by atoms with van der Waals surface area (Å²) < 4.78 is 6.10. The maximum Gasteiger partial charge on any atom is 0.337 e. The highest BCUT2D eigenvalue weighted by Crippen LogP contribution is 2.30. The molecule has 8 heteroatoms. The number of likely N-dealkylation sites (tertiary alicyclic amines) is 1. The Morgan fingerprint density at radius 2 is 1.59 bits per heavy atom. The van der Waals surface area contributed by atoms with E-state index in [0.717, 1.165) is 69.8 Å². The number of hydrogen-bond donors (Lipinski definition) is 1. The molecule has 0 amide bonds. The molecule has 2 fully saturated rings. The first-order valence-corrected chi connectivity index (χ1v) is 12.1. The highest BCUT2D eigenvalue weighted by atomic mass is 35.5. The maximum absolute atomic E-state index is 11.4. The van der Waals surface area contributed by atoms with Gasteiger partial charge in [-0.2, -0.15) is 0 Å². The Bertz CT molecular complexity index is 956. The maximum atomic E-state index is 11.4. The average Bonchev–Trinajstić information content (AvgIpc) is 2.78. The van der Waals surface area contributed by atoms with E-state index in [-0.39, 0.29) is 16.7 Å². The molecule has 172 valence electrons. The minimum atomic E-state index is -0.988. The second-order valence-corrected chi connectivity index (χ2v) is 9.82. The van der Waals surface area contributed by atoms with Gasteiger partial charge in [-0.3, -0.25) is 0 Å². The zero-order chi connectivity index (χ0) is 22.7. The summed E-state index contributed by atoms with van der Waals surface area (Å²) in [7, 11) is 0. The van der Waals surface area contributed by atoms with Crippen LogP contribution in [0.15, 0.2) is 36.4 Å². The largest absolute Gasteiger partial charge is 0.490 e. The van der Waals surface area contributed by atoms with Gasteiger partial charge in [0.2, 0.25) is 0 Å². The van der Waals surface area contributed by atoms with Gasteiger partial charge in [0.25, 0.3) is 0 Å². The van der Waals surface area contributed by atoms with Crippen LogP contribution in [-0.2, 0) is 0 Å². The Kier molecular flexibility index (Phi) is 7.72. The van der Waals surface area contributed by atoms with Crippen LogP contribution >= 0.6 is 34.8 Å². The third kappa shape index (κ3) is 5.82. The molecule has 0 atom stereocenters. The minimum absolute atomic E-state index is 0.164. The van der Waals surface area contributed by atoms with Gasteiger partial charge in [0.05, 0.1) is 20.6 Å². The van der Waals surface area contributed by atoms with Gasteiger partial charge in [0, 0.05) is 44.5 Å². The lowest BCUT2D eigenvalue weighted by Crippen LogP contribution is -2.43. The predicted molar refractivity (Wildman–Crippen MR) is 130 cm³/mol. The Morgan fingerprint density at radius 1 is 0.906 bits per heavy atom. The van der Waals surface area contributed by atoms with Gasteiger partial charge in [-0.15, -0.1) is 0 Å². The zero-order valence-corrected chi connectivity index (χ0v) is 20.0. The molecular formula is C24H27Cl3N2O3. The van der Waals surface area contributed by atoms with E-state index < -0.39 is 5.97 Å². The van der Waals surface area contributed by atoms with E-state index in [2.05, 4.69) is 9.80 Å². The fraction of sp³-hybridized carbons (Fsp3) is 0.458. The van der Waals surface area contributed by atoms with E-state index in [1.54, 1.807) is 24.3 Å². The van der Waals surface area contributed by atoms with Crippen LogP contribution in [0.1, 0.15) is 36.0 Å². The van der Waals surface area contributed by atoms with Crippen molar-refractivity contribution in [3.05, 3.63) is 57.0 Å². The number of carboxylic acid groups (broad SMARTS) is 1. The molecule has 2 aliphatic rings. The number of anilines is 1. The number of nitrogens with zero attached hydrogens (tertiary/aromatic N) is 2. The number of ether oxygens (including phenoxy) is 1. The molecule has 0 unspecified atom stereocenters. The lowest BCUT2D eigenvalue weighted by molar-refractivity contribution is 0.0697. The first-order valence-electron chi connectivity index (χ1n) is 11.0. The summed E-state index contributed by atoms with van der Waals surface area (Å²) >= 11 is 18.1. The number of carboxylic acids is 1. The third-order valence-corrected chi connectivity index (χ3v) is 7.47. The molecule has 32 heavy (non-hydrogen) atoms. The van der Waals surface area contributed by atoms with E-state index in [1.165, 1.54) is 0 Å². The molecular weight excluding hydrogens is 471 g/mol. The molecule has 2 aromatic rings. The van der Waals surface area contributed by atoms with Crippen LogP contribution in [0.5, 0.6) is 5.75 Å². The molecule has 2 heterocycles. The van der Waals surface area contributed by atoms with Gasteiger partial charge in [-0.1, -0.05) is 34.8 Å². The Hall–Kier alpha value is -1.66. The van der Waals surface area contributed by atoms with Crippen molar-refractivity contribution in [1.29, 1.82) is 0 Å². The second kappa shape index (κ2) is 10.5. The molecule has 4 rings (SSSR count). The molecule has 2 aromatic carbocycles. The summed E-state index contributed by atoms with van der Waals surface area (Å²) in [6, 6.07) is 10.7. The summed E-state index contributed by atoms with van der Waals surface area (Å²) in [6.45, 7) is 5.04. The number of benzene rings is 2. The van der Waals surface area contributed by atoms with Crippen molar-refractivity contribution in [2.45, 2.75) is 31.8 Å². The van der Waals surface area contributed by atoms with Crippen molar-refractivity contribution < 1.29 is 14.6 Å². The van der Waals surface area contributed by atoms with Crippen molar-refractivity contribution in [3.63, 3.8) is 0 Å². The van der Waals surface area contributed by atoms with Crippen LogP contribution in [0.25, 0.3) is 0 Å². The first-order chi connectivity index (χ1) is 15.4. The molecule has 0 saturated carbocycles. The highest BCUT2D eigenvalue weighted by Gasteiger charge is 2.26. The molecule has 2 aliphatic heterocycles. The normalized spacial score (nSPS) is 18.7. The molecule has 1 N–H and O–H groups in total.